The van der Waals surface area contributed by atoms with Crippen molar-refractivity contribution < 1.29 is 23.8 Å². The van der Waals surface area contributed by atoms with Crippen molar-refractivity contribution in [2.45, 2.75) is 13.0 Å². The molecule has 102 valence electrons. The molecule has 0 bridgehead atoms. The van der Waals surface area contributed by atoms with Gasteiger partial charge in [-0.2, -0.15) is 0 Å². The van der Waals surface area contributed by atoms with Crippen molar-refractivity contribution in [3.05, 3.63) is 35.1 Å². The van der Waals surface area contributed by atoms with Gasteiger partial charge in [-0.25, -0.2) is 9.18 Å². The number of hydrogen-bond donors (Lipinski definition) is 1. The van der Waals surface area contributed by atoms with Crippen molar-refractivity contribution in [3.63, 3.8) is 0 Å². The van der Waals surface area contributed by atoms with Gasteiger partial charge in [0.25, 0.3) is 5.91 Å². The summed E-state index contributed by atoms with van der Waals surface area (Å²) >= 11 is 0. The maximum Gasteiger partial charge on any atom is 0.334 e. The van der Waals surface area contributed by atoms with Gasteiger partial charge in [0, 0.05) is 12.1 Å². The second-order valence-corrected chi connectivity index (χ2v) is 4.36. The van der Waals surface area contributed by atoms with Gasteiger partial charge in [-0.3, -0.25) is 4.79 Å². The molecule has 1 atom stereocenters. The van der Waals surface area contributed by atoms with E-state index in [0.29, 0.717) is 6.54 Å². The summed E-state index contributed by atoms with van der Waals surface area (Å²) in [7, 11) is 0. The van der Waals surface area contributed by atoms with Crippen LogP contribution in [0.25, 0.3) is 0 Å². The first-order chi connectivity index (χ1) is 9.00. The third-order valence-electron chi connectivity index (χ3n) is 3.13. The Kier molecular flexibility index (Phi) is 3.80. The fraction of sp³-hybridized carbons (Fsp3) is 0.385. The normalized spacial score (nSPS) is 19.3. The summed E-state index contributed by atoms with van der Waals surface area (Å²) in [6, 6.07) is 4.28. The molecule has 1 fully saturated rings. The Labute approximate surface area is 109 Å². The van der Waals surface area contributed by atoms with Crippen LogP contribution in [0.3, 0.4) is 0 Å². The van der Waals surface area contributed by atoms with Gasteiger partial charge in [0.2, 0.25) is 0 Å². The molecule has 19 heavy (non-hydrogen) atoms. The van der Waals surface area contributed by atoms with Crippen molar-refractivity contribution in [2.24, 2.45) is 0 Å². The first kappa shape index (κ1) is 13.5. The molecule has 0 aliphatic carbocycles. The van der Waals surface area contributed by atoms with E-state index in [1.807, 2.05) is 0 Å². The van der Waals surface area contributed by atoms with Crippen molar-refractivity contribution in [1.29, 1.82) is 0 Å². The molecule has 1 saturated heterocycles. The zero-order valence-corrected chi connectivity index (χ0v) is 10.4. The van der Waals surface area contributed by atoms with Crippen LogP contribution >= 0.6 is 0 Å². The quantitative estimate of drug-likeness (QED) is 0.870. The number of morpholine rings is 1. The molecule has 0 spiro atoms. The number of halogens is 1. The molecule has 1 aliphatic rings. The number of carbonyl (C=O) groups excluding carboxylic acids is 1. The molecule has 0 saturated carbocycles. The third kappa shape index (κ3) is 2.73. The maximum absolute atomic E-state index is 13.4. The average molecular weight is 267 g/mol. The Morgan fingerprint density at radius 3 is 2.89 bits per heavy atom. The predicted molar refractivity (Wildman–Crippen MR) is 64.4 cm³/mol. The lowest BCUT2D eigenvalue weighted by molar-refractivity contribution is -0.154. The molecule has 1 N–H and O–H groups in total. The van der Waals surface area contributed by atoms with Crippen LogP contribution in [0.2, 0.25) is 0 Å². The van der Waals surface area contributed by atoms with Crippen LogP contribution in [0.5, 0.6) is 0 Å². The van der Waals surface area contributed by atoms with E-state index in [0.717, 1.165) is 0 Å². The number of carboxylic acids is 1. The summed E-state index contributed by atoms with van der Waals surface area (Å²) in [5, 5.41) is 8.88. The van der Waals surface area contributed by atoms with Crippen molar-refractivity contribution in [2.75, 3.05) is 19.7 Å². The second kappa shape index (κ2) is 5.36. The molecular formula is C13H14FNO4. The molecule has 6 heteroatoms. The van der Waals surface area contributed by atoms with E-state index < -0.39 is 17.9 Å². The van der Waals surface area contributed by atoms with Gasteiger partial charge in [-0.1, -0.05) is 6.07 Å². The Morgan fingerprint density at radius 2 is 2.21 bits per heavy atom. The van der Waals surface area contributed by atoms with E-state index in [1.54, 1.807) is 0 Å². The van der Waals surface area contributed by atoms with Gasteiger partial charge < -0.3 is 14.7 Å². The lowest BCUT2D eigenvalue weighted by atomic mass is 10.1. The molecule has 1 aliphatic heterocycles. The second-order valence-electron chi connectivity index (χ2n) is 4.36. The topological polar surface area (TPSA) is 66.8 Å². The van der Waals surface area contributed by atoms with Crippen LogP contribution < -0.4 is 0 Å². The fourth-order valence-corrected chi connectivity index (χ4v) is 1.99. The largest absolute Gasteiger partial charge is 0.479 e. The molecule has 0 aromatic heterocycles. The molecule has 0 radical (unpaired) electrons. The molecule has 1 aromatic rings. The van der Waals surface area contributed by atoms with E-state index >= 15 is 0 Å². The number of amides is 1. The van der Waals surface area contributed by atoms with Crippen molar-refractivity contribution >= 4 is 11.9 Å². The predicted octanol–water partition coefficient (Wildman–Crippen LogP) is 1.06. The van der Waals surface area contributed by atoms with Crippen LogP contribution in [-0.4, -0.2) is 47.7 Å². The highest BCUT2D eigenvalue weighted by Gasteiger charge is 2.30. The smallest absolute Gasteiger partial charge is 0.334 e. The van der Waals surface area contributed by atoms with Gasteiger partial charge in [0.1, 0.15) is 5.82 Å². The molecule has 1 aromatic carbocycles. The first-order valence-corrected chi connectivity index (χ1v) is 5.89. The summed E-state index contributed by atoms with van der Waals surface area (Å²) in [5.74, 6) is -1.92. The van der Waals surface area contributed by atoms with Crippen LogP contribution in [0.1, 0.15) is 15.9 Å². The zero-order chi connectivity index (χ0) is 14.0. The Hall–Kier alpha value is -1.95. The summed E-state index contributed by atoms with van der Waals surface area (Å²) in [6.07, 6.45) is -1.02. The first-order valence-electron chi connectivity index (χ1n) is 5.89. The standard InChI is InChI=1S/C13H14FNO4/c1-8-9(3-2-4-10(8)14)12(16)15-5-6-19-11(7-15)13(17)18/h2-4,11H,5-7H2,1H3,(H,17,18)/t11-/m1/s1. The number of carboxylic acid groups (broad SMARTS) is 1. The lowest BCUT2D eigenvalue weighted by Gasteiger charge is -2.31. The SMILES string of the molecule is Cc1c(F)cccc1C(=O)N1CCO[C@@H](C(=O)O)C1. The maximum atomic E-state index is 13.4. The molecular weight excluding hydrogens is 253 g/mol. The van der Waals surface area contributed by atoms with Crippen LogP contribution in [-0.2, 0) is 9.53 Å². The Morgan fingerprint density at radius 1 is 1.47 bits per heavy atom. The number of rotatable bonds is 2. The number of aliphatic carboxylic acids is 1. The van der Waals surface area contributed by atoms with E-state index in [-0.39, 0.29) is 30.2 Å². The summed E-state index contributed by atoms with van der Waals surface area (Å²) < 4.78 is 18.5. The fourth-order valence-electron chi connectivity index (χ4n) is 1.99. The molecule has 1 heterocycles. The molecule has 2 rings (SSSR count). The van der Waals surface area contributed by atoms with Crippen molar-refractivity contribution in [1.82, 2.24) is 4.90 Å². The third-order valence-corrected chi connectivity index (χ3v) is 3.13. The van der Waals surface area contributed by atoms with E-state index in [2.05, 4.69) is 0 Å². The van der Waals surface area contributed by atoms with E-state index in [4.69, 9.17) is 9.84 Å². The zero-order valence-electron chi connectivity index (χ0n) is 10.4. The number of ether oxygens (including phenoxy) is 1. The van der Waals surface area contributed by atoms with Gasteiger partial charge in [0.05, 0.1) is 13.2 Å². The minimum absolute atomic E-state index is 0.0237. The van der Waals surface area contributed by atoms with Gasteiger partial charge in [-0.05, 0) is 24.6 Å². The van der Waals surface area contributed by atoms with Crippen LogP contribution in [0, 0.1) is 12.7 Å². The Balaban J connectivity index is 2.19. The summed E-state index contributed by atoms with van der Waals surface area (Å²) in [4.78, 5) is 24.5. The Bertz CT molecular complexity index is 517. The molecule has 0 unspecified atom stereocenters. The molecule has 5 nitrogen and oxygen atoms in total. The molecule has 1 amide bonds. The number of carbonyl (C=O) groups is 2. The van der Waals surface area contributed by atoms with Crippen molar-refractivity contribution in [3.8, 4) is 0 Å². The van der Waals surface area contributed by atoms with Crippen LogP contribution in [0.15, 0.2) is 18.2 Å². The highest BCUT2D eigenvalue weighted by Crippen LogP contribution is 2.16. The average Bonchev–Trinajstić information content (AvgIpc) is 2.41. The summed E-state index contributed by atoms with van der Waals surface area (Å²) in [5.41, 5.74) is 0.525. The highest BCUT2D eigenvalue weighted by atomic mass is 19.1. The lowest BCUT2D eigenvalue weighted by Crippen LogP contribution is -2.48. The highest BCUT2D eigenvalue weighted by molar-refractivity contribution is 5.96. The van der Waals surface area contributed by atoms with Gasteiger partial charge in [-0.15, -0.1) is 0 Å². The van der Waals surface area contributed by atoms with Gasteiger partial charge >= 0.3 is 5.97 Å². The minimum Gasteiger partial charge on any atom is -0.479 e. The van der Waals surface area contributed by atoms with E-state index in [1.165, 1.54) is 30.0 Å². The summed E-state index contributed by atoms with van der Waals surface area (Å²) in [6.45, 7) is 1.97. The number of nitrogens with zero attached hydrogens (tertiary/aromatic N) is 1. The minimum atomic E-state index is -1.10. The number of benzene rings is 1. The van der Waals surface area contributed by atoms with Crippen LogP contribution in [0.4, 0.5) is 4.39 Å². The van der Waals surface area contributed by atoms with E-state index in [9.17, 15) is 14.0 Å². The van der Waals surface area contributed by atoms with Gasteiger partial charge in [0.15, 0.2) is 6.10 Å². The number of hydrogen-bond acceptors (Lipinski definition) is 3. The monoisotopic (exact) mass is 267 g/mol.